The van der Waals surface area contributed by atoms with Gasteiger partial charge in [0, 0.05) is 6.07 Å². The van der Waals surface area contributed by atoms with E-state index in [-0.39, 0.29) is 5.69 Å². The SMILES string of the molecule is Cc1ccc(-n2c(C)cc(C(=O)[O-])[n+]2C)cc1. The van der Waals surface area contributed by atoms with E-state index in [2.05, 4.69) is 0 Å². The lowest BCUT2D eigenvalue weighted by Gasteiger charge is -2.04. The smallest absolute Gasteiger partial charge is 0.254 e. The Labute approximate surface area is 99.7 Å². The van der Waals surface area contributed by atoms with Crippen molar-refractivity contribution < 1.29 is 14.6 Å². The number of rotatable bonds is 2. The summed E-state index contributed by atoms with van der Waals surface area (Å²) in [6.45, 7) is 3.88. The summed E-state index contributed by atoms with van der Waals surface area (Å²) >= 11 is 0. The summed E-state index contributed by atoms with van der Waals surface area (Å²) in [5, 5.41) is 10.9. The molecule has 4 heteroatoms. The number of carboxylic acid groups (broad SMARTS) is 1. The molecular weight excluding hydrogens is 216 g/mol. The second-order valence-corrected chi connectivity index (χ2v) is 4.13. The van der Waals surface area contributed by atoms with Gasteiger partial charge in [0.05, 0.1) is 5.69 Å². The first-order valence-corrected chi connectivity index (χ1v) is 5.37. The first kappa shape index (κ1) is 11.4. The number of hydrogen-bond donors (Lipinski definition) is 0. The third-order valence-corrected chi connectivity index (χ3v) is 2.82. The summed E-state index contributed by atoms with van der Waals surface area (Å²) in [5.74, 6) is -1.17. The van der Waals surface area contributed by atoms with Gasteiger partial charge in [-0.2, -0.15) is 0 Å². The monoisotopic (exact) mass is 230 g/mol. The Morgan fingerprint density at radius 2 is 1.82 bits per heavy atom. The van der Waals surface area contributed by atoms with Gasteiger partial charge in [0.1, 0.15) is 11.7 Å². The molecule has 0 fully saturated rings. The summed E-state index contributed by atoms with van der Waals surface area (Å²) < 4.78 is 3.42. The van der Waals surface area contributed by atoms with Gasteiger partial charge in [-0.1, -0.05) is 17.7 Å². The van der Waals surface area contributed by atoms with Gasteiger partial charge in [0.2, 0.25) is 0 Å². The third kappa shape index (κ3) is 1.93. The van der Waals surface area contributed by atoms with Crippen molar-refractivity contribution in [1.29, 1.82) is 0 Å². The summed E-state index contributed by atoms with van der Waals surface area (Å²) in [6, 6.07) is 9.51. The van der Waals surface area contributed by atoms with E-state index in [4.69, 9.17) is 0 Å². The Hall–Kier alpha value is -2.10. The fraction of sp³-hybridized carbons (Fsp3) is 0.231. The summed E-state index contributed by atoms with van der Waals surface area (Å²) in [4.78, 5) is 10.9. The zero-order valence-electron chi connectivity index (χ0n) is 10.1. The van der Waals surface area contributed by atoms with Crippen LogP contribution in [-0.2, 0) is 7.05 Å². The highest BCUT2D eigenvalue weighted by molar-refractivity contribution is 5.81. The number of hydrogen-bond acceptors (Lipinski definition) is 2. The number of carbonyl (C=O) groups excluding carboxylic acids is 1. The Kier molecular flexibility index (Phi) is 2.71. The molecule has 0 aliphatic rings. The van der Waals surface area contributed by atoms with E-state index in [1.165, 1.54) is 5.56 Å². The molecule has 0 aliphatic heterocycles. The minimum atomic E-state index is -1.17. The molecule has 1 aromatic carbocycles. The van der Waals surface area contributed by atoms with Crippen molar-refractivity contribution in [2.75, 3.05) is 0 Å². The molecule has 0 spiro atoms. The largest absolute Gasteiger partial charge is 0.539 e. The van der Waals surface area contributed by atoms with E-state index in [1.54, 1.807) is 17.8 Å². The molecule has 0 amide bonds. The highest BCUT2D eigenvalue weighted by atomic mass is 16.4. The van der Waals surface area contributed by atoms with Gasteiger partial charge in [-0.15, -0.1) is 9.36 Å². The Bertz CT molecular complexity index is 568. The van der Waals surface area contributed by atoms with Crippen LogP contribution in [0, 0.1) is 13.8 Å². The van der Waals surface area contributed by atoms with Crippen molar-refractivity contribution in [3.63, 3.8) is 0 Å². The quantitative estimate of drug-likeness (QED) is 0.696. The average Bonchev–Trinajstić information content (AvgIpc) is 2.56. The normalized spacial score (nSPS) is 10.5. The van der Waals surface area contributed by atoms with Gasteiger partial charge in [0.25, 0.3) is 5.69 Å². The van der Waals surface area contributed by atoms with Crippen LogP contribution >= 0.6 is 0 Å². The second-order valence-electron chi connectivity index (χ2n) is 4.13. The predicted octanol–water partition coefficient (Wildman–Crippen LogP) is 0.282. The molecule has 0 saturated heterocycles. The number of nitrogens with zero attached hydrogens (tertiary/aromatic N) is 2. The molecule has 4 nitrogen and oxygen atoms in total. The fourth-order valence-corrected chi connectivity index (χ4v) is 1.95. The number of aryl methyl sites for hydroxylation is 2. The second kappa shape index (κ2) is 4.05. The molecule has 2 rings (SSSR count). The maximum absolute atomic E-state index is 10.9. The first-order chi connectivity index (χ1) is 8.00. The van der Waals surface area contributed by atoms with E-state index in [0.717, 1.165) is 11.4 Å². The van der Waals surface area contributed by atoms with Crippen LogP contribution in [0.25, 0.3) is 5.69 Å². The maximum atomic E-state index is 10.9. The highest BCUT2D eigenvalue weighted by Crippen LogP contribution is 2.11. The summed E-state index contributed by atoms with van der Waals surface area (Å²) in [7, 11) is 1.71. The van der Waals surface area contributed by atoms with E-state index in [9.17, 15) is 9.90 Å². The van der Waals surface area contributed by atoms with E-state index < -0.39 is 5.97 Å². The fourth-order valence-electron chi connectivity index (χ4n) is 1.95. The number of carboxylic acids is 1. The molecule has 0 N–H and O–H groups in total. The number of carbonyl (C=O) groups is 1. The molecule has 0 bridgehead atoms. The van der Waals surface area contributed by atoms with Crippen LogP contribution < -0.4 is 9.79 Å². The molecular formula is C13H14N2O2. The summed E-state index contributed by atoms with van der Waals surface area (Å²) in [6.07, 6.45) is 0. The lowest BCUT2D eigenvalue weighted by Crippen LogP contribution is -2.46. The lowest BCUT2D eigenvalue weighted by atomic mass is 10.2. The molecule has 1 aromatic heterocycles. The van der Waals surface area contributed by atoms with Gasteiger partial charge in [-0.05, 0) is 26.0 Å². The molecule has 0 aliphatic carbocycles. The molecule has 17 heavy (non-hydrogen) atoms. The van der Waals surface area contributed by atoms with E-state index in [1.807, 2.05) is 42.8 Å². The lowest BCUT2D eigenvalue weighted by molar-refractivity contribution is -0.748. The van der Waals surface area contributed by atoms with Crippen molar-refractivity contribution in [1.82, 2.24) is 4.68 Å². The minimum Gasteiger partial charge on any atom is -0.539 e. The zero-order valence-corrected chi connectivity index (χ0v) is 10.1. The molecule has 88 valence electrons. The maximum Gasteiger partial charge on any atom is 0.254 e. The number of benzene rings is 1. The van der Waals surface area contributed by atoms with Crippen LogP contribution in [0.4, 0.5) is 0 Å². The van der Waals surface area contributed by atoms with E-state index in [0.29, 0.717) is 0 Å². The Morgan fingerprint density at radius 1 is 1.24 bits per heavy atom. The minimum absolute atomic E-state index is 0.170. The van der Waals surface area contributed by atoms with Crippen molar-refractivity contribution in [2.24, 2.45) is 7.05 Å². The molecule has 0 atom stereocenters. The van der Waals surface area contributed by atoms with Gasteiger partial charge < -0.3 is 9.90 Å². The van der Waals surface area contributed by atoms with Crippen LogP contribution in [0.5, 0.6) is 0 Å². The van der Waals surface area contributed by atoms with Crippen LogP contribution in [-0.4, -0.2) is 10.7 Å². The van der Waals surface area contributed by atoms with Crippen molar-refractivity contribution in [3.8, 4) is 5.69 Å². The number of aromatic nitrogens is 2. The van der Waals surface area contributed by atoms with Crippen molar-refractivity contribution >= 4 is 5.97 Å². The van der Waals surface area contributed by atoms with Crippen LogP contribution in [0.15, 0.2) is 30.3 Å². The molecule has 0 saturated carbocycles. The Morgan fingerprint density at radius 3 is 2.29 bits per heavy atom. The predicted molar refractivity (Wildman–Crippen MR) is 60.7 cm³/mol. The zero-order chi connectivity index (χ0) is 12.6. The third-order valence-electron chi connectivity index (χ3n) is 2.82. The molecule has 1 heterocycles. The van der Waals surface area contributed by atoms with Crippen LogP contribution in [0.2, 0.25) is 0 Å². The average molecular weight is 230 g/mol. The molecule has 0 radical (unpaired) electrons. The first-order valence-electron chi connectivity index (χ1n) is 5.37. The summed E-state index contributed by atoms with van der Waals surface area (Å²) in [5.41, 5.74) is 3.13. The van der Waals surface area contributed by atoms with Crippen molar-refractivity contribution in [2.45, 2.75) is 13.8 Å². The topological polar surface area (TPSA) is 48.9 Å². The Balaban J connectivity index is 2.59. The standard InChI is InChI=1S/C13H14N2O2/c1-9-4-6-11(7-5-9)15-10(2)8-12(13(16)17)14(15)3/h4-8H,1-3H3. The van der Waals surface area contributed by atoms with Crippen molar-refractivity contribution in [3.05, 3.63) is 47.3 Å². The highest BCUT2D eigenvalue weighted by Gasteiger charge is 2.18. The van der Waals surface area contributed by atoms with Gasteiger partial charge in [0.15, 0.2) is 7.05 Å². The molecule has 0 unspecified atom stereocenters. The van der Waals surface area contributed by atoms with Crippen LogP contribution in [0.1, 0.15) is 21.7 Å². The van der Waals surface area contributed by atoms with Gasteiger partial charge in [-0.3, -0.25) is 0 Å². The van der Waals surface area contributed by atoms with E-state index >= 15 is 0 Å². The van der Waals surface area contributed by atoms with Gasteiger partial charge >= 0.3 is 0 Å². The molecule has 2 aromatic rings. The van der Waals surface area contributed by atoms with Gasteiger partial charge in [-0.25, -0.2) is 0 Å². The number of aromatic carboxylic acids is 1. The van der Waals surface area contributed by atoms with Crippen LogP contribution in [0.3, 0.4) is 0 Å².